The van der Waals surface area contributed by atoms with Crippen LogP contribution < -0.4 is 0 Å². The minimum atomic E-state index is 0.617. The van der Waals surface area contributed by atoms with E-state index in [0.717, 1.165) is 24.4 Å². The highest BCUT2D eigenvalue weighted by molar-refractivity contribution is 4.86. The normalized spacial score (nSPS) is 45.7. The molecule has 2 rings (SSSR count). The van der Waals surface area contributed by atoms with Gasteiger partial charge in [-0.2, -0.15) is 0 Å². The number of hydrogen-bond donors (Lipinski definition) is 0. The maximum absolute atomic E-state index is 5.96. The van der Waals surface area contributed by atoms with Crippen molar-refractivity contribution in [2.24, 2.45) is 17.8 Å². The monoisotopic (exact) mass is 182 g/mol. The first kappa shape index (κ1) is 9.51. The quantitative estimate of drug-likeness (QED) is 0.605. The molecule has 1 aliphatic carbocycles. The van der Waals surface area contributed by atoms with Crippen LogP contribution in [0.4, 0.5) is 0 Å². The van der Waals surface area contributed by atoms with Crippen LogP contribution in [0, 0.1) is 17.8 Å². The van der Waals surface area contributed by atoms with E-state index >= 15 is 0 Å². The molecule has 2 unspecified atom stereocenters. The zero-order valence-electron chi connectivity index (χ0n) is 8.96. The van der Waals surface area contributed by atoms with Gasteiger partial charge in [0.1, 0.15) is 0 Å². The zero-order valence-corrected chi connectivity index (χ0v) is 8.96. The van der Waals surface area contributed by atoms with Crippen molar-refractivity contribution in [2.75, 3.05) is 6.61 Å². The smallest absolute Gasteiger partial charge is 0.0606 e. The molecule has 0 aromatic carbocycles. The van der Waals surface area contributed by atoms with Gasteiger partial charge >= 0.3 is 0 Å². The van der Waals surface area contributed by atoms with Gasteiger partial charge in [0, 0.05) is 0 Å². The lowest BCUT2D eigenvalue weighted by atomic mass is 9.71. The lowest BCUT2D eigenvalue weighted by Crippen LogP contribution is -2.42. The Labute approximate surface area is 81.9 Å². The molecular weight excluding hydrogens is 160 g/mol. The molecule has 1 saturated heterocycles. The van der Waals surface area contributed by atoms with Crippen LogP contribution in [0.2, 0.25) is 0 Å². The van der Waals surface area contributed by atoms with Crippen molar-refractivity contribution in [3.8, 4) is 0 Å². The molecular formula is C12H22O. The third-order valence-electron chi connectivity index (χ3n) is 4.22. The van der Waals surface area contributed by atoms with Crippen molar-refractivity contribution in [3.63, 3.8) is 0 Å². The van der Waals surface area contributed by atoms with Gasteiger partial charge in [-0.3, -0.25) is 0 Å². The van der Waals surface area contributed by atoms with Gasteiger partial charge in [-0.25, -0.2) is 0 Å². The second kappa shape index (κ2) is 4.00. The standard InChI is InChI=1S/C12H22O/c1-3-10-8-13-12-7-5-4-6-11(12)9(10)2/h9-12H,3-8H2,1-2H3/t9-,10-,11?,12?/m1/s1. The van der Waals surface area contributed by atoms with Crippen LogP contribution in [0.3, 0.4) is 0 Å². The first-order chi connectivity index (χ1) is 6.33. The van der Waals surface area contributed by atoms with Gasteiger partial charge in [0.15, 0.2) is 0 Å². The Hall–Kier alpha value is -0.0400. The van der Waals surface area contributed by atoms with Crippen molar-refractivity contribution >= 4 is 0 Å². The number of ether oxygens (including phenoxy) is 1. The average Bonchev–Trinajstić information content (AvgIpc) is 2.19. The first-order valence-corrected chi connectivity index (χ1v) is 5.94. The average molecular weight is 182 g/mol. The molecule has 1 heteroatoms. The van der Waals surface area contributed by atoms with Crippen molar-refractivity contribution in [1.82, 2.24) is 0 Å². The van der Waals surface area contributed by atoms with E-state index in [4.69, 9.17) is 4.74 Å². The number of fused-ring (bicyclic) bond motifs is 1. The summed E-state index contributed by atoms with van der Waals surface area (Å²) in [4.78, 5) is 0. The van der Waals surface area contributed by atoms with Crippen LogP contribution >= 0.6 is 0 Å². The minimum Gasteiger partial charge on any atom is -0.378 e. The van der Waals surface area contributed by atoms with Gasteiger partial charge < -0.3 is 4.74 Å². The molecule has 13 heavy (non-hydrogen) atoms. The molecule has 2 aliphatic rings. The van der Waals surface area contributed by atoms with Gasteiger partial charge in [-0.05, 0) is 30.6 Å². The van der Waals surface area contributed by atoms with Crippen molar-refractivity contribution in [2.45, 2.75) is 52.1 Å². The highest BCUT2D eigenvalue weighted by atomic mass is 16.5. The van der Waals surface area contributed by atoms with E-state index in [1.807, 2.05) is 0 Å². The lowest BCUT2D eigenvalue weighted by Gasteiger charge is -2.44. The summed E-state index contributed by atoms with van der Waals surface area (Å²) in [6.45, 7) is 5.77. The number of rotatable bonds is 1. The molecule has 0 radical (unpaired) electrons. The van der Waals surface area contributed by atoms with Gasteiger partial charge in [0.05, 0.1) is 12.7 Å². The van der Waals surface area contributed by atoms with Gasteiger partial charge in [0.2, 0.25) is 0 Å². The van der Waals surface area contributed by atoms with Crippen LogP contribution in [0.5, 0.6) is 0 Å². The Bertz CT molecular complexity index is 167. The van der Waals surface area contributed by atoms with Crippen molar-refractivity contribution in [3.05, 3.63) is 0 Å². The molecule has 0 aromatic rings. The highest BCUT2D eigenvalue weighted by Crippen LogP contribution is 2.40. The summed E-state index contributed by atoms with van der Waals surface area (Å²) in [5, 5.41) is 0. The molecule has 0 bridgehead atoms. The van der Waals surface area contributed by atoms with E-state index in [9.17, 15) is 0 Å². The van der Waals surface area contributed by atoms with E-state index in [1.54, 1.807) is 0 Å². The number of hydrogen-bond acceptors (Lipinski definition) is 1. The SMILES string of the molecule is CC[C@@H]1COC2CCCCC2[C@@H]1C. The summed E-state index contributed by atoms with van der Waals surface area (Å²) in [6.07, 6.45) is 7.49. The summed E-state index contributed by atoms with van der Waals surface area (Å²) in [7, 11) is 0. The van der Waals surface area contributed by atoms with E-state index in [0.29, 0.717) is 6.10 Å². The van der Waals surface area contributed by atoms with Gasteiger partial charge in [-0.15, -0.1) is 0 Å². The fourth-order valence-electron chi connectivity index (χ4n) is 3.17. The predicted octanol–water partition coefficient (Wildman–Crippen LogP) is 3.24. The van der Waals surface area contributed by atoms with Gasteiger partial charge in [0.25, 0.3) is 0 Å². The largest absolute Gasteiger partial charge is 0.378 e. The molecule has 0 aromatic heterocycles. The van der Waals surface area contributed by atoms with Crippen LogP contribution in [-0.2, 0) is 4.74 Å². The molecule has 1 saturated carbocycles. The second-order valence-corrected chi connectivity index (χ2v) is 4.85. The summed E-state index contributed by atoms with van der Waals surface area (Å²) in [5.74, 6) is 2.62. The summed E-state index contributed by atoms with van der Waals surface area (Å²) in [6, 6.07) is 0. The minimum absolute atomic E-state index is 0.617. The fourth-order valence-corrected chi connectivity index (χ4v) is 3.17. The Balaban J connectivity index is 2.01. The topological polar surface area (TPSA) is 9.23 Å². The van der Waals surface area contributed by atoms with Crippen LogP contribution in [0.1, 0.15) is 46.0 Å². The molecule has 1 nitrogen and oxygen atoms in total. The van der Waals surface area contributed by atoms with Crippen LogP contribution in [0.15, 0.2) is 0 Å². The Morgan fingerprint density at radius 3 is 2.77 bits per heavy atom. The molecule has 76 valence electrons. The zero-order chi connectivity index (χ0) is 9.26. The maximum Gasteiger partial charge on any atom is 0.0606 e. The summed E-state index contributed by atoms with van der Waals surface area (Å²) < 4.78 is 5.96. The second-order valence-electron chi connectivity index (χ2n) is 4.85. The van der Waals surface area contributed by atoms with E-state index in [1.165, 1.54) is 32.1 Å². The Morgan fingerprint density at radius 1 is 1.23 bits per heavy atom. The maximum atomic E-state index is 5.96. The summed E-state index contributed by atoms with van der Waals surface area (Å²) in [5.41, 5.74) is 0. The third kappa shape index (κ3) is 1.76. The van der Waals surface area contributed by atoms with Crippen LogP contribution in [0.25, 0.3) is 0 Å². The van der Waals surface area contributed by atoms with Crippen molar-refractivity contribution in [1.29, 1.82) is 0 Å². The van der Waals surface area contributed by atoms with E-state index in [2.05, 4.69) is 13.8 Å². The Kier molecular flexibility index (Phi) is 2.92. The Morgan fingerprint density at radius 2 is 2.00 bits per heavy atom. The highest BCUT2D eigenvalue weighted by Gasteiger charge is 2.37. The van der Waals surface area contributed by atoms with E-state index in [-0.39, 0.29) is 0 Å². The summed E-state index contributed by atoms with van der Waals surface area (Å²) >= 11 is 0. The molecule has 1 aliphatic heterocycles. The van der Waals surface area contributed by atoms with E-state index < -0.39 is 0 Å². The van der Waals surface area contributed by atoms with Crippen LogP contribution in [-0.4, -0.2) is 12.7 Å². The third-order valence-corrected chi connectivity index (χ3v) is 4.22. The molecule has 2 fully saturated rings. The molecule has 1 heterocycles. The van der Waals surface area contributed by atoms with Crippen molar-refractivity contribution < 1.29 is 4.74 Å². The molecule has 0 amide bonds. The molecule has 0 spiro atoms. The van der Waals surface area contributed by atoms with Gasteiger partial charge in [-0.1, -0.05) is 33.1 Å². The first-order valence-electron chi connectivity index (χ1n) is 5.94. The lowest BCUT2D eigenvalue weighted by molar-refractivity contribution is -0.105. The molecule has 4 atom stereocenters. The predicted molar refractivity (Wildman–Crippen MR) is 54.6 cm³/mol. The molecule has 0 N–H and O–H groups in total. The fraction of sp³-hybridized carbons (Fsp3) is 1.00.